The standard InChI is InChI=1S/C15H21N3OS/c1-2-17-15(19)14-9(16)6-10(20-14)18-13-11-7-3-4-8(5-7)12(11)13/h6-8,11-13,18H,2-5,16H2,1H3,(H,17,19). The highest BCUT2D eigenvalue weighted by Gasteiger charge is 2.65. The summed E-state index contributed by atoms with van der Waals surface area (Å²) in [6.45, 7) is 2.55. The van der Waals surface area contributed by atoms with Crippen LogP contribution < -0.4 is 16.4 Å². The summed E-state index contributed by atoms with van der Waals surface area (Å²) in [5.74, 6) is 3.65. The molecule has 1 heterocycles. The maximum Gasteiger partial charge on any atom is 0.263 e. The minimum Gasteiger partial charge on any atom is -0.397 e. The molecule has 4 N–H and O–H groups in total. The Kier molecular flexibility index (Phi) is 2.74. The van der Waals surface area contributed by atoms with Gasteiger partial charge in [-0.1, -0.05) is 0 Å². The van der Waals surface area contributed by atoms with Gasteiger partial charge in [-0.25, -0.2) is 0 Å². The molecule has 1 aromatic heterocycles. The van der Waals surface area contributed by atoms with Crippen LogP contribution >= 0.6 is 11.3 Å². The van der Waals surface area contributed by atoms with Crippen LogP contribution in [0.2, 0.25) is 0 Å². The van der Waals surface area contributed by atoms with E-state index in [2.05, 4.69) is 10.6 Å². The molecule has 4 nitrogen and oxygen atoms in total. The molecule has 0 aliphatic heterocycles. The van der Waals surface area contributed by atoms with Crippen molar-refractivity contribution in [1.29, 1.82) is 0 Å². The Bertz CT molecular complexity index is 539. The van der Waals surface area contributed by atoms with Crippen molar-refractivity contribution >= 4 is 27.9 Å². The lowest BCUT2D eigenvalue weighted by atomic mass is 10.0. The van der Waals surface area contributed by atoms with Crippen LogP contribution in [0.4, 0.5) is 10.7 Å². The van der Waals surface area contributed by atoms with Crippen molar-refractivity contribution in [2.45, 2.75) is 32.2 Å². The maximum absolute atomic E-state index is 11.9. The molecule has 0 spiro atoms. The van der Waals surface area contributed by atoms with Crippen LogP contribution in [0.5, 0.6) is 0 Å². The fourth-order valence-electron chi connectivity index (χ4n) is 4.58. The van der Waals surface area contributed by atoms with Crippen LogP contribution in [0.3, 0.4) is 0 Å². The highest BCUT2D eigenvalue weighted by molar-refractivity contribution is 7.18. The quantitative estimate of drug-likeness (QED) is 0.798. The Labute approximate surface area is 123 Å². The van der Waals surface area contributed by atoms with E-state index in [0.29, 0.717) is 23.2 Å². The summed E-state index contributed by atoms with van der Waals surface area (Å²) in [5, 5.41) is 7.51. The lowest BCUT2D eigenvalue weighted by Gasteiger charge is -2.09. The number of nitrogens with one attached hydrogen (secondary N) is 2. The molecule has 4 atom stereocenters. The van der Waals surface area contributed by atoms with E-state index in [4.69, 9.17) is 5.73 Å². The normalized spacial score (nSPS) is 36.8. The second kappa shape index (κ2) is 4.38. The number of amides is 1. The molecule has 108 valence electrons. The second-order valence-corrected chi connectivity index (χ2v) is 7.46. The third-order valence-corrected chi connectivity index (χ3v) is 6.43. The van der Waals surface area contributed by atoms with Gasteiger partial charge in [0.2, 0.25) is 0 Å². The van der Waals surface area contributed by atoms with Crippen molar-refractivity contribution in [2.24, 2.45) is 23.7 Å². The molecule has 3 fully saturated rings. The summed E-state index contributed by atoms with van der Waals surface area (Å²) in [5.41, 5.74) is 6.56. The van der Waals surface area contributed by atoms with Gasteiger partial charge in [-0.05, 0) is 55.9 Å². The van der Waals surface area contributed by atoms with Crippen LogP contribution in [0, 0.1) is 23.7 Å². The van der Waals surface area contributed by atoms with E-state index < -0.39 is 0 Å². The van der Waals surface area contributed by atoms with E-state index in [1.807, 2.05) is 13.0 Å². The van der Waals surface area contributed by atoms with Crippen molar-refractivity contribution in [3.05, 3.63) is 10.9 Å². The minimum absolute atomic E-state index is 0.0564. The van der Waals surface area contributed by atoms with Crippen molar-refractivity contribution < 1.29 is 4.79 Å². The first-order valence-electron chi connectivity index (χ1n) is 7.63. The highest BCUT2D eigenvalue weighted by atomic mass is 32.1. The Morgan fingerprint density at radius 1 is 1.40 bits per heavy atom. The minimum atomic E-state index is -0.0564. The van der Waals surface area contributed by atoms with Gasteiger partial charge < -0.3 is 16.4 Å². The fraction of sp³-hybridized carbons (Fsp3) is 0.667. The van der Waals surface area contributed by atoms with E-state index >= 15 is 0 Å². The summed E-state index contributed by atoms with van der Waals surface area (Å²) in [6, 6.07) is 2.56. The molecule has 0 aromatic carbocycles. The van der Waals surface area contributed by atoms with Gasteiger partial charge in [-0.3, -0.25) is 4.79 Å². The molecular formula is C15H21N3OS. The van der Waals surface area contributed by atoms with Crippen molar-refractivity contribution in [1.82, 2.24) is 5.32 Å². The van der Waals surface area contributed by atoms with Gasteiger partial charge >= 0.3 is 0 Å². The van der Waals surface area contributed by atoms with E-state index in [0.717, 1.165) is 28.7 Å². The molecular weight excluding hydrogens is 270 g/mol. The molecule has 20 heavy (non-hydrogen) atoms. The summed E-state index contributed by atoms with van der Waals surface area (Å²) < 4.78 is 0. The molecule has 3 aliphatic carbocycles. The predicted molar refractivity (Wildman–Crippen MR) is 82.0 cm³/mol. The summed E-state index contributed by atoms with van der Waals surface area (Å²) in [7, 11) is 0. The van der Waals surface area contributed by atoms with Crippen LogP contribution in [-0.4, -0.2) is 18.5 Å². The number of nitrogen functional groups attached to an aromatic ring is 1. The molecule has 1 amide bonds. The van der Waals surface area contributed by atoms with Crippen LogP contribution in [-0.2, 0) is 0 Å². The zero-order valence-corrected chi connectivity index (χ0v) is 12.5. The molecule has 4 unspecified atom stereocenters. The topological polar surface area (TPSA) is 67.2 Å². The number of thiophene rings is 1. The van der Waals surface area contributed by atoms with E-state index in [9.17, 15) is 4.79 Å². The first-order valence-corrected chi connectivity index (χ1v) is 8.44. The second-order valence-electron chi connectivity index (χ2n) is 6.41. The molecule has 3 saturated carbocycles. The predicted octanol–water partition coefficient (Wildman–Crippen LogP) is 2.54. The average molecular weight is 291 g/mol. The van der Waals surface area contributed by atoms with Gasteiger partial charge in [0, 0.05) is 12.6 Å². The molecule has 1 aromatic rings. The Hall–Kier alpha value is -1.23. The third kappa shape index (κ3) is 1.75. The number of hydrogen-bond acceptors (Lipinski definition) is 4. The van der Waals surface area contributed by atoms with Gasteiger partial charge in [-0.2, -0.15) is 0 Å². The Balaban J connectivity index is 1.46. The van der Waals surface area contributed by atoms with Crippen molar-refractivity contribution in [2.75, 3.05) is 17.6 Å². The van der Waals surface area contributed by atoms with Crippen LogP contribution in [0.25, 0.3) is 0 Å². The van der Waals surface area contributed by atoms with Gasteiger partial charge in [0.1, 0.15) is 4.88 Å². The third-order valence-electron chi connectivity index (χ3n) is 5.35. The number of nitrogens with two attached hydrogens (primary N) is 1. The zero-order valence-electron chi connectivity index (χ0n) is 11.7. The summed E-state index contributed by atoms with van der Waals surface area (Å²) >= 11 is 1.49. The summed E-state index contributed by atoms with van der Waals surface area (Å²) in [4.78, 5) is 12.5. The monoisotopic (exact) mass is 291 g/mol. The number of anilines is 2. The molecule has 4 rings (SSSR count). The molecule has 0 radical (unpaired) electrons. The molecule has 5 heteroatoms. The van der Waals surface area contributed by atoms with Crippen molar-refractivity contribution in [3.63, 3.8) is 0 Å². The number of hydrogen-bond donors (Lipinski definition) is 3. The highest BCUT2D eigenvalue weighted by Crippen LogP contribution is 2.66. The molecule has 2 bridgehead atoms. The number of carbonyl (C=O) groups excluding carboxylic acids is 1. The number of rotatable bonds is 4. The average Bonchev–Trinajstić information content (AvgIpc) is 2.80. The number of fused-ring (bicyclic) bond motifs is 5. The summed E-state index contributed by atoms with van der Waals surface area (Å²) in [6.07, 6.45) is 4.33. The smallest absolute Gasteiger partial charge is 0.263 e. The first kappa shape index (κ1) is 12.5. The Morgan fingerprint density at radius 3 is 2.75 bits per heavy atom. The lowest BCUT2D eigenvalue weighted by Crippen LogP contribution is -2.22. The molecule has 0 saturated heterocycles. The van der Waals surface area contributed by atoms with E-state index in [1.54, 1.807) is 0 Å². The molecule has 3 aliphatic rings. The Morgan fingerprint density at radius 2 is 2.10 bits per heavy atom. The first-order chi connectivity index (χ1) is 9.69. The largest absolute Gasteiger partial charge is 0.397 e. The van der Waals surface area contributed by atoms with Crippen molar-refractivity contribution in [3.8, 4) is 0 Å². The maximum atomic E-state index is 11.9. The lowest BCUT2D eigenvalue weighted by molar-refractivity contribution is 0.0960. The van der Waals surface area contributed by atoms with Gasteiger partial charge in [-0.15, -0.1) is 11.3 Å². The van der Waals surface area contributed by atoms with Crippen LogP contribution in [0.1, 0.15) is 35.9 Å². The van der Waals surface area contributed by atoms with Gasteiger partial charge in [0.25, 0.3) is 5.91 Å². The van der Waals surface area contributed by atoms with E-state index in [-0.39, 0.29) is 5.91 Å². The number of carbonyl (C=O) groups is 1. The zero-order chi connectivity index (χ0) is 13.9. The van der Waals surface area contributed by atoms with Gasteiger partial charge in [0.15, 0.2) is 0 Å². The van der Waals surface area contributed by atoms with Gasteiger partial charge in [0.05, 0.1) is 10.7 Å². The van der Waals surface area contributed by atoms with E-state index in [1.165, 1.54) is 30.6 Å². The fourth-order valence-corrected chi connectivity index (χ4v) is 5.52. The van der Waals surface area contributed by atoms with Crippen LogP contribution in [0.15, 0.2) is 6.07 Å². The SMILES string of the molecule is CCNC(=O)c1sc(NC2C3C4CCC(C4)C23)cc1N.